The Kier molecular flexibility index (Phi) is 4.98. The van der Waals surface area contributed by atoms with Crippen LogP contribution in [0.5, 0.6) is 0 Å². The monoisotopic (exact) mass is 501 g/mol. The van der Waals surface area contributed by atoms with Crippen molar-refractivity contribution in [3.8, 4) is 0 Å². The summed E-state index contributed by atoms with van der Waals surface area (Å²) in [4.78, 5) is 19.8. The minimum atomic E-state index is -4.61. The molecule has 0 spiro atoms. The van der Waals surface area contributed by atoms with Crippen molar-refractivity contribution < 1.29 is 18.0 Å². The van der Waals surface area contributed by atoms with Gasteiger partial charge in [-0.25, -0.2) is 9.97 Å². The molecule has 0 aliphatic heterocycles. The third-order valence-electron chi connectivity index (χ3n) is 4.73. The van der Waals surface area contributed by atoms with Gasteiger partial charge in [0.1, 0.15) is 22.7 Å². The number of nitrogens with one attached hydrogen (secondary N) is 1. The van der Waals surface area contributed by atoms with E-state index in [0.29, 0.717) is 11.6 Å². The molecule has 1 aliphatic rings. The zero-order chi connectivity index (χ0) is 19.9. The zero-order valence-electron chi connectivity index (χ0n) is 14.4. The molecule has 3 heterocycles. The van der Waals surface area contributed by atoms with Gasteiger partial charge in [0.05, 0.1) is 12.2 Å². The fourth-order valence-corrected chi connectivity index (χ4v) is 3.86. The smallest absolute Gasteiger partial charge is 0.305 e. The van der Waals surface area contributed by atoms with Crippen molar-refractivity contribution in [1.29, 1.82) is 0 Å². The van der Waals surface area contributed by atoms with Crippen molar-refractivity contribution in [2.45, 2.75) is 25.1 Å². The quantitative estimate of drug-likeness (QED) is 0.423. The molecule has 146 valence electrons. The SMILES string of the molecule is O=C(Nc1cc2cn(C3CC(CI)C3)nc2cn1)c1cccc(C(F)(F)F)n1. The van der Waals surface area contributed by atoms with Crippen molar-refractivity contribution in [3.05, 3.63) is 48.0 Å². The van der Waals surface area contributed by atoms with Gasteiger partial charge in [0.2, 0.25) is 0 Å². The molecule has 0 aromatic carbocycles. The summed E-state index contributed by atoms with van der Waals surface area (Å²) in [5.41, 5.74) is -0.741. The molecule has 0 unspecified atom stereocenters. The number of halogens is 4. The van der Waals surface area contributed by atoms with E-state index in [2.05, 4.69) is 43.0 Å². The Labute approximate surface area is 171 Å². The standard InChI is InChI=1S/C18H15F3IN5O/c19-18(20,21)15-3-1-2-13(24-15)17(28)25-16-6-11-9-27(26-14(11)8-23-16)12-4-10(5-12)7-22/h1-3,6,8-10,12H,4-5,7H2,(H,25,28). The predicted molar refractivity (Wildman–Crippen MR) is 105 cm³/mol. The third-order valence-corrected chi connectivity index (χ3v) is 5.97. The van der Waals surface area contributed by atoms with E-state index in [-0.39, 0.29) is 11.5 Å². The third kappa shape index (κ3) is 3.82. The summed E-state index contributed by atoms with van der Waals surface area (Å²) in [6.07, 6.45) is 1.02. The van der Waals surface area contributed by atoms with Crippen LogP contribution in [0.2, 0.25) is 0 Å². The molecule has 10 heteroatoms. The molecule has 3 aromatic rings. The highest BCUT2D eigenvalue weighted by molar-refractivity contribution is 14.1. The first-order valence-corrected chi connectivity index (χ1v) is 10.1. The highest BCUT2D eigenvalue weighted by Gasteiger charge is 2.33. The molecule has 0 saturated heterocycles. The summed E-state index contributed by atoms with van der Waals surface area (Å²) in [6, 6.07) is 5.21. The number of carbonyl (C=O) groups excluding carboxylic acids is 1. The Morgan fingerprint density at radius 1 is 1.32 bits per heavy atom. The van der Waals surface area contributed by atoms with E-state index in [0.717, 1.165) is 40.7 Å². The molecule has 1 fully saturated rings. The number of nitrogens with zero attached hydrogens (tertiary/aromatic N) is 4. The molecular weight excluding hydrogens is 486 g/mol. The van der Waals surface area contributed by atoms with Crippen molar-refractivity contribution in [1.82, 2.24) is 19.7 Å². The number of hydrogen-bond donors (Lipinski definition) is 1. The highest BCUT2D eigenvalue weighted by atomic mass is 127. The van der Waals surface area contributed by atoms with Crippen molar-refractivity contribution in [3.63, 3.8) is 0 Å². The fraction of sp³-hybridized carbons (Fsp3) is 0.333. The maximum absolute atomic E-state index is 12.8. The lowest BCUT2D eigenvalue weighted by molar-refractivity contribution is -0.141. The van der Waals surface area contributed by atoms with Crippen LogP contribution in [0.4, 0.5) is 19.0 Å². The van der Waals surface area contributed by atoms with Crippen LogP contribution in [-0.2, 0) is 6.18 Å². The number of pyridine rings is 2. The van der Waals surface area contributed by atoms with E-state index < -0.39 is 17.8 Å². The van der Waals surface area contributed by atoms with E-state index in [4.69, 9.17) is 0 Å². The Balaban J connectivity index is 1.51. The van der Waals surface area contributed by atoms with Gasteiger partial charge >= 0.3 is 6.18 Å². The van der Waals surface area contributed by atoms with Gasteiger partial charge in [0.25, 0.3) is 5.91 Å². The largest absolute Gasteiger partial charge is 0.433 e. The van der Waals surface area contributed by atoms with Gasteiger partial charge in [-0.1, -0.05) is 28.7 Å². The number of aromatic nitrogens is 4. The molecule has 0 radical (unpaired) electrons. The van der Waals surface area contributed by atoms with E-state index >= 15 is 0 Å². The van der Waals surface area contributed by atoms with Crippen LogP contribution in [0.1, 0.15) is 35.1 Å². The van der Waals surface area contributed by atoms with Crippen LogP contribution in [0.25, 0.3) is 10.9 Å². The molecule has 1 amide bonds. The molecule has 6 nitrogen and oxygen atoms in total. The van der Waals surface area contributed by atoms with Gasteiger partial charge in [-0.05, 0) is 37.0 Å². The average molecular weight is 501 g/mol. The van der Waals surface area contributed by atoms with Crippen molar-refractivity contribution >= 4 is 45.2 Å². The normalized spacial score (nSPS) is 19.4. The summed E-state index contributed by atoms with van der Waals surface area (Å²) in [6.45, 7) is 0. The second-order valence-corrected chi connectivity index (χ2v) is 7.62. The lowest BCUT2D eigenvalue weighted by atomic mass is 9.82. The van der Waals surface area contributed by atoms with Gasteiger partial charge in [0.15, 0.2) is 0 Å². The van der Waals surface area contributed by atoms with Gasteiger partial charge in [-0.15, -0.1) is 0 Å². The van der Waals surface area contributed by atoms with E-state index in [9.17, 15) is 18.0 Å². The number of rotatable bonds is 4. The number of carbonyl (C=O) groups is 1. The summed E-state index contributed by atoms with van der Waals surface area (Å²) in [5.74, 6) is 0.204. The molecule has 1 saturated carbocycles. The summed E-state index contributed by atoms with van der Waals surface area (Å²) < 4.78 is 41.4. The average Bonchev–Trinajstić information content (AvgIpc) is 3.03. The van der Waals surface area contributed by atoms with Crippen LogP contribution in [0.3, 0.4) is 0 Å². The van der Waals surface area contributed by atoms with Crippen molar-refractivity contribution in [2.24, 2.45) is 5.92 Å². The summed E-state index contributed by atoms with van der Waals surface area (Å²) in [7, 11) is 0. The second kappa shape index (κ2) is 7.30. The Hall–Kier alpha value is -2.24. The minimum Gasteiger partial charge on any atom is -0.305 e. The van der Waals surface area contributed by atoms with Gasteiger partial charge < -0.3 is 5.32 Å². The topological polar surface area (TPSA) is 72.7 Å². The molecule has 28 heavy (non-hydrogen) atoms. The summed E-state index contributed by atoms with van der Waals surface area (Å²) in [5, 5.41) is 7.82. The molecular formula is C18H15F3IN5O. The number of amides is 1. The first-order chi connectivity index (χ1) is 13.3. The molecule has 1 aliphatic carbocycles. The van der Waals surface area contributed by atoms with Crippen LogP contribution in [0.15, 0.2) is 36.7 Å². The first-order valence-electron chi connectivity index (χ1n) is 8.60. The number of anilines is 1. The maximum atomic E-state index is 12.8. The fourth-order valence-electron chi connectivity index (χ4n) is 3.14. The van der Waals surface area contributed by atoms with Crippen molar-refractivity contribution in [2.75, 3.05) is 9.74 Å². The predicted octanol–water partition coefficient (Wildman–Crippen LogP) is 4.48. The lowest BCUT2D eigenvalue weighted by Gasteiger charge is -2.34. The lowest BCUT2D eigenvalue weighted by Crippen LogP contribution is -2.27. The maximum Gasteiger partial charge on any atom is 0.433 e. The van der Waals surface area contributed by atoms with E-state index in [1.54, 1.807) is 6.07 Å². The molecule has 3 aromatic heterocycles. The number of hydrogen-bond acceptors (Lipinski definition) is 4. The minimum absolute atomic E-state index is 0.231. The Morgan fingerprint density at radius 2 is 2.11 bits per heavy atom. The Morgan fingerprint density at radius 3 is 2.82 bits per heavy atom. The first kappa shape index (κ1) is 19.1. The number of fused-ring (bicyclic) bond motifs is 1. The highest BCUT2D eigenvalue weighted by Crippen LogP contribution is 2.39. The van der Waals surface area contributed by atoms with E-state index in [1.807, 2.05) is 10.9 Å². The van der Waals surface area contributed by atoms with Crippen LogP contribution in [-0.4, -0.2) is 30.1 Å². The van der Waals surface area contributed by atoms with Crippen LogP contribution in [0, 0.1) is 5.92 Å². The van der Waals surface area contributed by atoms with E-state index in [1.165, 1.54) is 12.3 Å². The van der Waals surface area contributed by atoms with Gasteiger partial charge in [-0.2, -0.15) is 18.3 Å². The van der Waals surface area contributed by atoms with Gasteiger partial charge in [-0.3, -0.25) is 9.48 Å². The molecule has 1 N–H and O–H groups in total. The molecule has 4 rings (SSSR count). The van der Waals surface area contributed by atoms with Gasteiger partial charge in [0, 0.05) is 16.0 Å². The zero-order valence-corrected chi connectivity index (χ0v) is 16.6. The van der Waals surface area contributed by atoms with Crippen LogP contribution < -0.4 is 5.32 Å². The molecule has 0 bridgehead atoms. The number of alkyl halides is 4. The van der Waals surface area contributed by atoms with Crippen LogP contribution >= 0.6 is 22.6 Å². The second-order valence-electron chi connectivity index (χ2n) is 6.74. The molecule has 0 atom stereocenters. The summed E-state index contributed by atoms with van der Waals surface area (Å²) >= 11 is 2.39. The Bertz CT molecular complexity index is 1030.